The van der Waals surface area contributed by atoms with Crippen LogP contribution in [0.4, 0.5) is 5.69 Å². The fourth-order valence-corrected chi connectivity index (χ4v) is 6.81. The van der Waals surface area contributed by atoms with E-state index in [0.717, 1.165) is 0 Å². The van der Waals surface area contributed by atoms with Gasteiger partial charge in [-0.3, -0.25) is 5.73 Å². The van der Waals surface area contributed by atoms with Gasteiger partial charge >= 0.3 is 5.17 Å². The first kappa shape index (κ1) is 16.4. The van der Waals surface area contributed by atoms with Crippen molar-refractivity contribution in [2.45, 2.75) is 11.3 Å². The number of amidine groups is 1. The van der Waals surface area contributed by atoms with Crippen LogP contribution in [0, 0.1) is 0 Å². The minimum Gasteiger partial charge on any atom is -1.00 e. The molecular formula is C11H11BrCl2N2O2S2. The largest absolute Gasteiger partial charge is 1.00 e. The first-order valence-corrected chi connectivity index (χ1v) is 9.07. The van der Waals surface area contributed by atoms with Crippen LogP contribution >= 0.6 is 35.0 Å². The van der Waals surface area contributed by atoms with E-state index in [0.29, 0.717) is 20.9 Å². The Bertz CT molecular complexity index is 694. The molecule has 2 heterocycles. The Morgan fingerprint density at radius 3 is 2.65 bits per heavy atom. The molecule has 0 radical (unpaired) electrons. The van der Waals surface area contributed by atoms with Crippen molar-refractivity contribution in [1.82, 2.24) is 0 Å². The third kappa shape index (κ3) is 2.83. The van der Waals surface area contributed by atoms with Gasteiger partial charge in [-0.2, -0.15) is 0 Å². The molecule has 1 fully saturated rings. The molecule has 1 saturated heterocycles. The molecule has 0 bridgehead atoms. The lowest BCUT2D eigenvalue weighted by Crippen LogP contribution is -3.00. The minimum absolute atomic E-state index is 0. The Kier molecular flexibility index (Phi) is 4.67. The quantitative estimate of drug-likeness (QED) is 0.587. The van der Waals surface area contributed by atoms with Crippen molar-refractivity contribution in [2.24, 2.45) is 5.73 Å². The third-order valence-electron chi connectivity index (χ3n) is 3.28. The van der Waals surface area contributed by atoms with E-state index in [1.165, 1.54) is 11.8 Å². The van der Waals surface area contributed by atoms with E-state index >= 15 is 0 Å². The highest BCUT2D eigenvalue weighted by Gasteiger charge is 2.50. The third-order valence-corrected chi connectivity index (χ3v) is 6.97. The summed E-state index contributed by atoms with van der Waals surface area (Å²) in [5.41, 5.74) is 6.72. The summed E-state index contributed by atoms with van der Waals surface area (Å²) in [6.45, 7) is 0. The summed E-state index contributed by atoms with van der Waals surface area (Å²) < 4.78 is 25.3. The molecule has 2 N–H and O–H groups in total. The van der Waals surface area contributed by atoms with Crippen LogP contribution in [0.1, 0.15) is 0 Å². The van der Waals surface area contributed by atoms with Crippen LogP contribution in [0.5, 0.6) is 0 Å². The maximum absolute atomic E-state index is 11.7. The molecule has 3 rings (SSSR count). The van der Waals surface area contributed by atoms with Gasteiger partial charge in [0.15, 0.2) is 9.84 Å². The summed E-state index contributed by atoms with van der Waals surface area (Å²) in [4.78, 5) is 0. The van der Waals surface area contributed by atoms with E-state index in [4.69, 9.17) is 28.9 Å². The highest BCUT2D eigenvalue weighted by molar-refractivity contribution is 8.15. The van der Waals surface area contributed by atoms with Crippen LogP contribution in [0.2, 0.25) is 10.0 Å². The molecule has 0 spiro atoms. The maximum Gasteiger partial charge on any atom is 0.310 e. The molecule has 2 atom stereocenters. The van der Waals surface area contributed by atoms with Crippen LogP contribution < -0.4 is 22.7 Å². The van der Waals surface area contributed by atoms with Crippen LogP contribution in [0.15, 0.2) is 18.2 Å². The highest BCUT2D eigenvalue weighted by Crippen LogP contribution is 2.39. The molecule has 1 aromatic rings. The van der Waals surface area contributed by atoms with Crippen molar-refractivity contribution < 1.29 is 30.0 Å². The topological polar surface area (TPSA) is 63.2 Å². The van der Waals surface area contributed by atoms with E-state index in [-0.39, 0.29) is 39.8 Å². The lowest BCUT2D eigenvalue weighted by Gasteiger charge is -2.12. The zero-order chi connectivity index (χ0) is 13.8. The number of benzene rings is 1. The van der Waals surface area contributed by atoms with Crippen molar-refractivity contribution in [3.8, 4) is 0 Å². The van der Waals surface area contributed by atoms with E-state index in [9.17, 15) is 8.42 Å². The minimum atomic E-state index is -2.99. The maximum atomic E-state index is 11.7. The molecular weight excluding hydrogens is 407 g/mol. The van der Waals surface area contributed by atoms with Crippen molar-refractivity contribution in [3.05, 3.63) is 28.2 Å². The first-order valence-electron chi connectivity index (χ1n) is 5.61. The van der Waals surface area contributed by atoms with E-state index in [2.05, 4.69) is 0 Å². The lowest BCUT2D eigenvalue weighted by molar-refractivity contribution is -0.470. The van der Waals surface area contributed by atoms with Crippen LogP contribution in [0.25, 0.3) is 0 Å². The average molecular weight is 418 g/mol. The van der Waals surface area contributed by atoms with Crippen molar-refractivity contribution >= 4 is 55.7 Å². The van der Waals surface area contributed by atoms with Gasteiger partial charge in [0.2, 0.25) is 0 Å². The number of nitrogens with zero attached hydrogens (tertiary/aromatic N) is 1. The predicted octanol–water partition coefficient (Wildman–Crippen LogP) is -1.13. The number of thioether (sulfide) groups is 1. The van der Waals surface area contributed by atoms with E-state index in [1.54, 1.807) is 18.2 Å². The fourth-order valence-electron chi connectivity index (χ4n) is 2.50. The summed E-state index contributed by atoms with van der Waals surface area (Å²) in [7, 11) is -2.99. The number of hydrogen-bond acceptors (Lipinski definition) is 4. The molecule has 0 saturated carbocycles. The monoisotopic (exact) mass is 416 g/mol. The molecule has 2 unspecified atom stereocenters. The Morgan fingerprint density at radius 1 is 1.30 bits per heavy atom. The second-order valence-corrected chi connectivity index (χ2v) is 8.86. The highest BCUT2D eigenvalue weighted by atomic mass is 79.9. The number of nitrogens with two attached hydrogens (primary N) is 1. The second-order valence-electron chi connectivity index (χ2n) is 4.60. The summed E-state index contributed by atoms with van der Waals surface area (Å²) in [5, 5.41) is 1.58. The molecule has 0 aromatic heterocycles. The van der Waals surface area contributed by atoms with Crippen LogP contribution in [0.3, 0.4) is 0 Å². The van der Waals surface area contributed by atoms with Crippen LogP contribution in [-0.4, -0.2) is 41.0 Å². The first-order chi connectivity index (χ1) is 8.87. The molecule has 4 nitrogen and oxygen atoms in total. The molecule has 0 aliphatic carbocycles. The van der Waals surface area contributed by atoms with Crippen LogP contribution in [-0.2, 0) is 9.84 Å². The van der Waals surface area contributed by atoms with E-state index < -0.39 is 9.84 Å². The molecule has 1 aromatic carbocycles. The zero-order valence-electron chi connectivity index (χ0n) is 10.1. The number of sulfone groups is 1. The van der Waals surface area contributed by atoms with Gasteiger partial charge in [-0.25, -0.2) is 13.0 Å². The number of hydrogen-bond donors (Lipinski definition) is 1. The van der Waals surface area contributed by atoms with Gasteiger partial charge in [-0.05, 0) is 30.0 Å². The predicted molar refractivity (Wildman–Crippen MR) is 79.4 cm³/mol. The van der Waals surface area contributed by atoms with Gasteiger partial charge in [0.1, 0.15) is 11.7 Å². The second kappa shape index (κ2) is 5.68. The Labute approximate surface area is 142 Å². The van der Waals surface area contributed by atoms with Crippen molar-refractivity contribution in [2.75, 3.05) is 11.5 Å². The fraction of sp³-hybridized carbons (Fsp3) is 0.364. The summed E-state index contributed by atoms with van der Waals surface area (Å²) in [6.07, 6.45) is 0. The van der Waals surface area contributed by atoms with Gasteiger partial charge in [-0.1, -0.05) is 23.2 Å². The van der Waals surface area contributed by atoms with Gasteiger partial charge in [0.05, 0.1) is 21.8 Å². The van der Waals surface area contributed by atoms with Gasteiger partial charge in [0, 0.05) is 5.02 Å². The van der Waals surface area contributed by atoms with Gasteiger partial charge in [0.25, 0.3) is 0 Å². The Morgan fingerprint density at radius 2 is 2.00 bits per heavy atom. The molecule has 0 amide bonds. The lowest BCUT2D eigenvalue weighted by atomic mass is 10.2. The number of fused-ring (bicyclic) bond motifs is 1. The molecule has 20 heavy (non-hydrogen) atoms. The average Bonchev–Trinajstić information content (AvgIpc) is 2.70. The number of halogens is 3. The zero-order valence-corrected chi connectivity index (χ0v) is 14.8. The van der Waals surface area contributed by atoms with Gasteiger partial charge < -0.3 is 17.0 Å². The van der Waals surface area contributed by atoms with Crippen molar-refractivity contribution in [3.63, 3.8) is 0 Å². The Balaban J connectivity index is 0.00000147. The van der Waals surface area contributed by atoms with Crippen molar-refractivity contribution in [1.29, 1.82) is 0 Å². The summed E-state index contributed by atoms with van der Waals surface area (Å²) in [5.74, 6) is 0.287. The molecule has 2 aliphatic heterocycles. The summed E-state index contributed by atoms with van der Waals surface area (Å²) in [6, 6.07) is 4.98. The smallest absolute Gasteiger partial charge is 0.310 e. The van der Waals surface area contributed by atoms with E-state index in [1.807, 2.05) is 4.58 Å². The van der Waals surface area contributed by atoms with Gasteiger partial charge in [-0.15, -0.1) is 0 Å². The molecule has 2 aliphatic rings. The summed E-state index contributed by atoms with van der Waals surface area (Å²) >= 11 is 13.5. The Hall–Kier alpha value is 0.0500. The molecule has 9 heteroatoms. The standard InChI is InChI=1S/C11H10Cl2N2O2S2.BrH/c12-6-1-2-8(7(13)3-6)15-9-4-19(16,17)5-10(9)18-11(15)14;/h1-3,9-10,14H,4-5H2;1H. The normalized spacial score (nSPS) is 27.3. The molecule has 110 valence electrons. The SMILES string of the molecule is NC1=[N+](c2ccc(Cl)cc2Cl)C2CS(=O)(=O)CC2S1.[Br-]. The number of rotatable bonds is 1.